The molecule has 9 heteroatoms. The van der Waals surface area contributed by atoms with Crippen molar-refractivity contribution in [2.24, 2.45) is 0 Å². The van der Waals surface area contributed by atoms with Gasteiger partial charge in [-0.15, -0.1) is 0 Å². The Kier molecular flexibility index (Phi) is 4.52. The zero-order valence-corrected chi connectivity index (χ0v) is 12.6. The highest BCUT2D eigenvalue weighted by atomic mass is 35.5. The third-order valence-electron chi connectivity index (χ3n) is 3.31. The van der Waals surface area contributed by atoms with Crippen LogP contribution in [0.3, 0.4) is 0 Å². The van der Waals surface area contributed by atoms with E-state index < -0.39 is 37.3 Å². The molecular formula is C12H13ClFNO5S. The Morgan fingerprint density at radius 1 is 1.52 bits per heavy atom. The van der Waals surface area contributed by atoms with E-state index in [1.54, 1.807) is 0 Å². The summed E-state index contributed by atoms with van der Waals surface area (Å²) in [4.78, 5) is 10.6. The van der Waals surface area contributed by atoms with E-state index in [0.29, 0.717) is 6.42 Å². The largest absolute Gasteiger partial charge is 0.478 e. The molecule has 0 bridgehead atoms. The second-order valence-electron chi connectivity index (χ2n) is 4.58. The van der Waals surface area contributed by atoms with E-state index in [0.717, 1.165) is 16.4 Å². The van der Waals surface area contributed by atoms with Crippen molar-refractivity contribution in [3.63, 3.8) is 0 Å². The van der Waals surface area contributed by atoms with Gasteiger partial charge >= 0.3 is 5.97 Å². The van der Waals surface area contributed by atoms with E-state index in [2.05, 4.69) is 0 Å². The Morgan fingerprint density at radius 2 is 2.19 bits per heavy atom. The quantitative estimate of drug-likeness (QED) is 0.902. The normalized spacial score (nSPS) is 19.9. The predicted octanol–water partition coefficient (Wildman–Crippen LogP) is 1.59. The van der Waals surface area contributed by atoms with Crippen LogP contribution in [0.4, 0.5) is 4.39 Å². The fraction of sp³-hybridized carbons (Fsp3) is 0.417. The number of hydrogen-bond acceptors (Lipinski definition) is 4. The van der Waals surface area contributed by atoms with Gasteiger partial charge in [0.1, 0.15) is 5.82 Å². The molecule has 0 aromatic heterocycles. The Hall–Kier alpha value is -1.22. The van der Waals surface area contributed by atoms with Crippen molar-refractivity contribution in [3.05, 3.63) is 28.5 Å². The standard InChI is InChI=1S/C12H13ClFNO5S/c1-20-7-2-3-15(6-7)21(18,19)8-4-9(12(16)17)11(13)10(14)5-8/h4-5,7H,2-3,6H2,1H3,(H,16,17). The molecule has 1 aromatic rings. The van der Waals surface area contributed by atoms with Crippen LogP contribution in [0, 0.1) is 5.82 Å². The summed E-state index contributed by atoms with van der Waals surface area (Å²) in [5.74, 6) is -2.58. The molecule has 0 aliphatic carbocycles. The minimum Gasteiger partial charge on any atom is -0.478 e. The van der Waals surface area contributed by atoms with E-state index >= 15 is 0 Å². The second-order valence-corrected chi connectivity index (χ2v) is 6.90. The molecular weight excluding hydrogens is 325 g/mol. The fourth-order valence-electron chi connectivity index (χ4n) is 2.13. The van der Waals surface area contributed by atoms with Crippen molar-refractivity contribution in [1.82, 2.24) is 4.31 Å². The first-order chi connectivity index (χ1) is 9.77. The monoisotopic (exact) mass is 337 g/mol. The number of carboxylic acids is 1. The predicted molar refractivity (Wildman–Crippen MR) is 72.5 cm³/mol. The lowest BCUT2D eigenvalue weighted by Gasteiger charge is -2.17. The SMILES string of the molecule is COC1CCN(S(=O)(=O)c2cc(F)c(Cl)c(C(=O)O)c2)C1. The molecule has 116 valence electrons. The van der Waals surface area contributed by atoms with E-state index in [9.17, 15) is 17.6 Å². The Balaban J connectivity index is 2.44. The number of halogens is 2. The first-order valence-electron chi connectivity index (χ1n) is 6.02. The third kappa shape index (κ3) is 3.03. The van der Waals surface area contributed by atoms with Crippen LogP contribution in [0.15, 0.2) is 17.0 Å². The lowest BCUT2D eigenvalue weighted by atomic mass is 10.2. The van der Waals surface area contributed by atoms with Crippen molar-refractivity contribution in [3.8, 4) is 0 Å². The summed E-state index contributed by atoms with van der Waals surface area (Å²) >= 11 is 5.53. The van der Waals surface area contributed by atoms with Crippen LogP contribution in [-0.4, -0.2) is 50.1 Å². The molecule has 1 aromatic carbocycles. The smallest absolute Gasteiger partial charge is 0.337 e. The van der Waals surface area contributed by atoms with Gasteiger partial charge in [0, 0.05) is 20.2 Å². The molecule has 21 heavy (non-hydrogen) atoms. The minimum absolute atomic E-state index is 0.144. The molecule has 6 nitrogen and oxygen atoms in total. The van der Waals surface area contributed by atoms with Gasteiger partial charge in [0.25, 0.3) is 0 Å². The van der Waals surface area contributed by atoms with Crippen molar-refractivity contribution in [2.75, 3.05) is 20.2 Å². The van der Waals surface area contributed by atoms with Crippen LogP contribution in [0.5, 0.6) is 0 Å². The van der Waals surface area contributed by atoms with Crippen molar-refractivity contribution in [2.45, 2.75) is 17.4 Å². The molecule has 1 atom stereocenters. The van der Waals surface area contributed by atoms with Crippen LogP contribution in [0.2, 0.25) is 5.02 Å². The summed E-state index contributed by atoms with van der Waals surface area (Å²) in [5.41, 5.74) is -0.585. The summed E-state index contributed by atoms with van der Waals surface area (Å²) in [5, 5.41) is 8.33. The molecule has 1 heterocycles. The number of benzene rings is 1. The Morgan fingerprint density at radius 3 is 2.71 bits per heavy atom. The van der Waals surface area contributed by atoms with Gasteiger partial charge < -0.3 is 9.84 Å². The first kappa shape index (κ1) is 16.2. The molecule has 1 aliphatic rings. The van der Waals surface area contributed by atoms with Crippen molar-refractivity contribution < 1.29 is 27.4 Å². The number of rotatable bonds is 4. The molecule has 2 rings (SSSR count). The summed E-state index contributed by atoms with van der Waals surface area (Å²) in [6.07, 6.45) is 0.299. The van der Waals surface area contributed by atoms with Gasteiger partial charge in [0.2, 0.25) is 10.0 Å². The van der Waals surface area contributed by atoms with E-state index in [-0.39, 0.29) is 19.2 Å². The zero-order chi connectivity index (χ0) is 15.8. The molecule has 0 radical (unpaired) electrons. The fourth-order valence-corrected chi connectivity index (χ4v) is 3.84. The number of hydrogen-bond donors (Lipinski definition) is 1. The van der Waals surface area contributed by atoms with E-state index in [1.807, 2.05) is 0 Å². The molecule has 0 saturated carbocycles. The van der Waals surface area contributed by atoms with Gasteiger partial charge in [0.05, 0.1) is 21.6 Å². The van der Waals surface area contributed by atoms with E-state index in [4.69, 9.17) is 21.4 Å². The van der Waals surface area contributed by atoms with Gasteiger partial charge in [-0.1, -0.05) is 11.6 Å². The summed E-state index contributed by atoms with van der Waals surface area (Å²) in [6.45, 7) is 0.374. The maximum Gasteiger partial charge on any atom is 0.337 e. The lowest BCUT2D eigenvalue weighted by Crippen LogP contribution is -2.30. The summed E-state index contributed by atoms with van der Waals surface area (Å²) in [7, 11) is -2.51. The van der Waals surface area contributed by atoms with Gasteiger partial charge in [-0.2, -0.15) is 4.31 Å². The first-order valence-corrected chi connectivity index (χ1v) is 7.84. The Labute approximate surface area is 126 Å². The zero-order valence-electron chi connectivity index (χ0n) is 11.0. The molecule has 1 unspecified atom stereocenters. The second kappa shape index (κ2) is 5.88. The number of aromatic carboxylic acids is 1. The average molecular weight is 338 g/mol. The van der Waals surface area contributed by atoms with Crippen LogP contribution in [0.1, 0.15) is 16.8 Å². The van der Waals surface area contributed by atoms with Gasteiger partial charge in [0.15, 0.2) is 0 Å². The summed E-state index contributed by atoms with van der Waals surface area (Å²) < 4.78 is 44.7. The maximum atomic E-state index is 13.7. The number of sulfonamides is 1. The average Bonchev–Trinajstić information content (AvgIpc) is 2.90. The lowest BCUT2D eigenvalue weighted by molar-refractivity contribution is 0.0696. The number of ether oxygens (including phenoxy) is 1. The number of carbonyl (C=O) groups is 1. The molecule has 1 saturated heterocycles. The molecule has 1 fully saturated rings. The van der Waals surface area contributed by atoms with Crippen LogP contribution < -0.4 is 0 Å². The van der Waals surface area contributed by atoms with Crippen molar-refractivity contribution in [1.29, 1.82) is 0 Å². The molecule has 1 N–H and O–H groups in total. The molecule has 1 aliphatic heterocycles. The van der Waals surface area contributed by atoms with Crippen LogP contribution in [-0.2, 0) is 14.8 Å². The number of methoxy groups -OCH3 is 1. The van der Waals surface area contributed by atoms with Crippen LogP contribution >= 0.6 is 11.6 Å². The van der Waals surface area contributed by atoms with Crippen molar-refractivity contribution >= 4 is 27.6 Å². The molecule has 0 spiro atoms. The highest BCUT2D eigenvalue weighted by molar-refractivity contribution is 7.89. The molecule has 0 amide bonds. The van der Waals surface area contributed by atoms with Gasteiger partial charge in [-0.25, -0.2) is 17.6 Å². The summed E-state index contributed by atoms with van der Waals surface area (Å²) in [6, 6.07) is 1.59. The van der Waals surface area contributed by atoms with Gasteiger partial charge in [-0.3, -0.25) is 0 Å². The third-order valence-corrected chi connectivity index (χ3v) is 5.54. The highest BCUT2D eigenvalue weighted by Crippen LogP contribution is 2.28. The van der Waals surface area contributed by atoms with Gasteiger partial charge in [-0.05, 0) is 18.6 Å². The van der Waals surface area contributed by atoms with Crippen LogP contribution in [0.25, 0.3) is 0 Å². The van der Waals surface area contributed by atoms with E-state index in [1.165, 1.54) is 7.11 Å². The maximum absolute atomic E-state index is 13.7. The topological polar surface area (TPSA) is 83.9 Å². The minimum atomic E-state index is -3.99. The number of carboxylic acid groups (broad SMARTS) is 1. The highest BCUT2D eigenvalue weighted by Gasteiger charge is 2.33. The number of nitrogens with zero attached hydrogens (tertiary/aromatic N) is 1. The Bertz CT molecular complexity index is 678.